The third kappa shape index (κ3) is 3.22. The fourth-order valence-corrected chi connectivity index (χ4v) is 2.61. The van der Waals surface area contributed by atoms with E-state index in [9.17, 15) is 10.1 Å². The first kappa shape index (κ1) is 13.3. The zero-order valence-electron chi connectivity index (χ0n) is 9.02. The number of hydrogen-bond donors (Lipinski definition) is 1. The molecule has 0 amide bonds. The second-order valence-corrected chi connectivity index (χ2v) is 5.89. The lowest BCUT2D eigenvalue weighted by molar-refractivity contribution is -0.380. The molecule has 18 heavy (non-hydrogen) atoms. The van der Waals surface area contributed by atoms with E-state index in [2.05, 4.69) is 21.2 Å². The van der Waals surface area contributed by atoms with Gasteiger partial charge in [-0.25, -0.2) is 0 Å². The first-order valence-electron chi connectivity index (χ1n) is 4.98. The minimum Gasteiger partial charge on any atom is -0.380 e. The largest absolute Gasteiger partial charge is 0.380 e. The summed E-state index contributed by atoms with van der Waals surface area (Å²) in [7, 11) is 0. The van der Waals surface area contributed by atoms with Crippen LogP contribution in [0, 0.1) is 10.1 Å². The quantitative estimate of drug-likeness (QED) is 0.645. The van der Waals surface area contributed by atoms with Gasteiger partial charge in [-0.2, -0.15) is 0 Å². The minimum atomic E-state index is -0.382. The van der Waals surface area contributed by atoms with Gasteiger partial charge in [-0.1, -0.05) is 22.9 Å². The maximum Gasteiger partial charge on any atom is 0.324 e. The molecule has 0 spiro atoms. The number of nitro groups is 1. The molecule has 0 fully saturated rings. The van der Waals surface area contributed by atoms with Gasteiger partial charge in [-0.05, 0) is 40.2 Å². The SMILES string of the molecule is O=[N+]([O-])c1ccc(CNc2ccc(Cl)c(Br)c2)s1. The topological polar surface area (TPSA) is 55.2 Å². The summed E-state index contributed by atoms with van der Waals surface area (Å²) >= 11 is 10.4. The van der Waals surface area contributed by atoms with Gasteiger partial charge in [-0.15, -0.1) is 0 Å². The average Bonchev–Trinajstić information content (AvgIpc) is 2.79. The number of nitrogens with one attached hydrogen (secondary N) is 1. The van der Waals surface area contributed by atoms with Gasteiger partial charge in [0.15, 0.2) is 0 Å². The van der Waals surface area contributed by atoms with Crippen molar-refractivity contribution in [2.45, 2.75) is 6.54 Å². The summed E-state index contributed by atoms with van der Waals surface area (Å²) < 4.78 is 0.811. The monoisotopic (exact) mass is 346 g/mol. The van der Waals surface area contributed by atoms with Gasteiger partial charge in [0.2, 0.25) is 0 Å². The number of anilines is 1. The van der Waals surface area contributed by atoms with Gasteiger partial charge < -0.3 is 5.32 Å². The Morgan fingerprint density at radius 1 is 1.39 bits per heavy atom. The summed E-state index contributed by atoms with van der Waals surface area (Å²) in [4.78, 5) is 11.1. The van der Waals surface area contributed by atoms with Crippen molar-refractivity contribution in [3.05, 3.63) is 54.8 Å². The number of halogens is 2. The van der Waals surface area contributed by atoms with Crippen molar-refractivity contribution in [3.8, 4) is 0 Å². The second kappa shape index (κ2) is 5.69. The molecule has 2 aromatic rings. The van der Waals surface area contributed by atoms with Crippen molar-refractivity contribution in [3.63, 3.8) is 0 Å². The van der Waals surface area contributed by atoms with E-state index in [-0.39, 0.29) is 9.92 Å². The summed E-state index contributed by atoms with van der Waals surface area (Å²) in [6.45, 7) is 0.548. The van der Waals surface area contributed by atoms with E-state index < -0.39 is 0 Å². The van der Waals surface area contributed by atoms with Crippen LogP contribution in [0.3, 0.4) is 0 Å². The summed E-state index contributed by atoms with van der Waals surface area (Å²) in [5.74, 6) is 0. The first-order chi connectivity index (χ1) is 8.56. The molecule has 0 radical (unpaired) electrons. The standard InChI is InChI=1S/C11H8BrClN2O2S/c12-9-5-7(1-3-10(9)13)14-6-8-2-4-11(18-8)15(16)17/h1-5,14H,6H2. The second-order valence-electron chi connectivity index (χ2n) is 3.48. The number of thiophene rings is 1. The van der Waals surface area contributed by atoms with Gasteiger partial charge in [0.25, 0.3) is 0 Å². The van der Waals surface area contributed by atoms with Crippen molar-refractivity contribution in [1.82, 2.24) is 0 Å². The third-order valence-electron chi connectivity index (χ3n) is 2.21. The first-order valence-corrected chi connectivity index (χ1v) is 6.97. The third-order valence-corrected chi connectivity index (χ3v) is 4.46. The minimum absolute atomic E-state index is 0.157. The molecule has 7 heteroatoms. The zero-order valence-corrected chi connectivity index (χ0v) is 12.2. The van der Waals surface area contributed by atoms with Crippen LogP contribution in [-0.4, -0.2) is 4.92 Å². The van der Waals surface area contributed by atoms with Crippen molar-refractivity contribution in [2.24, 2.45) is 0 Å². The Labute approximate surface area is 121 Å². The van der Waals surface area contributed by atoms with Crippen molar-refractivity contribution >= 4 is 49.6 Å². The zero-order chi connectivity index (χ0) is 13.1. The smallest absolute Gasteiger partial charge is 0.324 e. The Morgan fingerprint density at radius 2 is 2.17 bits per heavy atom. The molecule has 1 aromatic heterocycles. The molecular weight excluding hydrogens is 340 g/mol. The van der Waals surface area contributed by atoms with Crippen LogP contribution < -0.4 is 5.32 Å². The van der Waals surface area contributed by atoms with E-state index >= 15 is 0 Å². The van der Waals surface area contributed by atoms with E-state index in [1.807, 2.05) is 12.1 Å². The predicted molar refractivity (Wildman–Crippen MR) is 77.5 cm³/mol. The summed E-state index contributed by atoms with van der Waals surface area (Å²) in [6, 6.07) is 8.77. The normalized spacial score (nSPS) is 10.3. The van der Waals surface area contributed by atoms with E-state index in [0.29, 0.717) is 11.6 Å². The van der Waals surface area contributed by atoms with Gasteiger partial charge in [0.1, 0.15) is 0 Å². The number of rotatable bonds is 4. The molecule has 0 saturated heterocycles. The Morgan fingerprint density at radius 3 is 2.78 bits per heavy atom. The van der Waals surface area contributed by atoms with Crippen molar-refractivity contribution < 1.29 is 4.92 Å². The van der Waals surface area contributed by atoms with Crippen LogP contribution in [0.5, 0.6) is 0 Å². The lowest BCUT2D eigenvalue weighted by Crippen LogP contribution is -1.96. The molecule has 0 aliphatic carbocycles. The fraction of sp³-hybridized carbons (Fsp3) is 0.0909. The summed E-state index contributed by atoms with van der Waals surface area (Å²) in [5, 5.41) is 14.5. The number of benzene rings is 1. The highest BCUT2D eigenvalue weighted by Gasteiger charge is 2.09. The van der Waals surface area contributed by atoms with Gasteiger partial charge in [0, 0.05) is 27.6 Å². The Balaban J connectivity index is 2.02. The van der Waals surface area contributed by atoms with Crippen LogP contribution >= 0.6 is 38.9 Å². The number of hydrogen-bond acceptors (Lipinski definition) is 4. The van der Waals surface area contributed by atoms with Crippen LogP contribution in [0.2, 0.25) is 5.02 Å². The van der Waals surface area contributed by atoms with E-state index in [0.717, 1.165) is 15.0 Å². The van der Waals surface area contributed by atoms with Crippen LogP contribution in [0.25, 0.3) is 0 Å². The molecule has 2 rings (SSSR count). The Bertz CT molecular complexity index is 588. The summed E-state index contributed by atoms with van der Waals surface area (Å²) in [6.07, 6.45) is 0. The molecule has 1 heterocycles. The molecule has 0 aliphatic rings. The lowest BCUT2D eigenvalue weighted by Gasteiger charge is -2.05. The number of nitrogens with zero attached hydrogens (tertiary/aromatic N) is 1. The molecule has 94 valence electrons. The Kier molecular flexibility index (Phi) is 4.21. The van der Waals surface area contributed by atoms with Crippen LogP contribution in [0.15, 0.2) is 34.8 Å². The molecule has 1 aromatic carbocycles. The van der Waals surface area contributed by atoms with Crippen LogP contribution in [-0.2, 0) is 6.54 Å². The van der Waals surface area contributed by atoms with Crippen LogP contribution in [0.1, 0.15) is 4.88 Å². The molecule has 1 N–H and O–H groups in total. The van der Waals surface area contributed by atoms with E-state index in [1.165, 1.54) is 17.4 Å². The highest BCUT2D eigenvalue weighted by Crippen LogP contribution is 2.27. The Hall–Kier alpha value is -1.11. The van der Waals surface area contributed by atoms with Crippen LogP contribution in [0.4, 0.5) is 10.7 Å². The van der Waals surface area contributed by atoms with E-state index in [1.54, 1.807) is 12.1 Å². The molecule has 0 atom stereocenters. The average molecular weight is 348 g/mol. The fourth-order valence-electron chi connectivity index (χ4n) is 1.35. The van der Waals surface area contributed by atoms with Gasteiger partial charge in [-0.3, -0.25) is 10.1 Å². The highest BCUT2D eigenvalue weighted by atomic mass is 79.9. The molecule has 0 unspecified atom stereocenters. The van der Waals surface area contributed by atoms with E-state index in [4.69, 9.17) is 11.6 Å². The van der Waals surface area contributed by atoms with Gasteiger partial charge >= 0.3 is 5.00 Å². The summed E-state index contributed by atoms with van der Waals surface area (Å²) in [5.41, 5.74) is 0.905. The predicted octanol–water partition coefficient (Wildman–Crippen LogP) is 4.68. The van der Waals surface area contributed by atoms with Gasteiger partial charge in [0.05, 0.1) is 9.95 Å². The highest BCUT2D eigenvalue weighted by molar-refractivity contribution is 9.10. The van der Waals surface area contributed by atoms with Crippen molar-refractivity contribution in [2.75, 3.05) is 5.32 Å². The molecule has 0 saturated carbocycles. The molecule has 0 bridgehead atoms. The molecule has 4 nitrogen and oxygen atoms in total. The molecule has 0 aliphatic heterocycles. The molecular formula is C11H8BrClN2O2S. The maximum absolute atomic E-state index is 10.5. The maximum atomic E-state index is 10.5. The lowest BCUT2D eigenvalue weighted by atomic mass is 10.3. The van der Waals surface area contributed by atoms with Crippen molar-refractivity contribution in [1.29, 1.82) is 0 Å².